The molecule has 0 saturated heterocycles. The minimum absolute atomic E-state index is 0. The van der Waals surface area contributed by atoms with Crippen LogP contribution >= 0.6 is 24.0 Å². The summed E-state index contributed by atoms with van der Waals surface area (Å²) in [4.78, 5) is 18.3. The summed E-state index contributed by atoms with van der Waals surface area (Å²) >= 11 is 0. The van der Waals surface area contributed by atoms with E-state index in [0.29, 0.717) is 6.54 Å². The van der Waals surface area contributed by atoms with Gasteiger partial charge in [-0.2, -0.15) is 0 Å². The maximum atomic E-state index is 12.1. The Morgan fingerprint density at radius 1 is 1.19 bits per heavy atom. The summed E-state index contributed by atoms with van der Waals surface area (Å²) in [5, 5.41) is 6.62. The van der Waals surface area contributed by atoms with Gasteiger partial charge in [0, 0.05) is 52.2 Å². The molecule has 1 amide bonds. The molecule has 148 valence electrons. The standard InChI is InChI=1S/C20H29N5O.HI/c1-5-21-20(23-14-17-10-12-25(4)15-17)22-11-9-16-7-6-8-18(13-16)19(26)24(2)3;/h6-8,10,12-13,15H,5,9,11,14H2,1-4H3,(H2,21,22,23);1H. The van der Waals surface area contributed by atoms with Crippen molar-refractivity contribution in [3.8, 4) is 0 Å². The first kappa shape index (κ1) is 23.0. The van der Waals surface area contributed by atoms with Gasteiger partial charge in [-0.15, -0.1) is 24.0 Å². The van der Waals surface area contributed by atoms with E-state index in [1.165, 1.54) is 5.56 Å². The summed E-state index contributed by atoms with van der Waals surface area (Å²) in [5.41, 5.74) is 3.03. The number of halogens is 1. The van der Waals surface area contributed by atoms with Gasteiger partial charge in [0.15, 0.2) is 5.96 Å². The van der Waals surface area contributed by atoms with Crippen LogP contribution in [0.4, 0.5) is 0 Å². The number of carbonyl (C=O) groups is 1. The lowest BCUT2D eigenvalue weighted by molar-refractivity contribution is 0.0827. The summed E-state index contributed by atoms with van der Waals surface area (Å²) in [7, 11) is 5.54. The SMILES string of the molecule is CCNC(=NCc1ccn(C)c1)NCCc1cccc(C(=O)N(C)C)c1.I. The first-order chi connectivity index (χ1) is 12.5. The molecule has 27 heavy (non-hydrogen) atoms. The van der Waals surface area contributed by atoms with Crippen LogP contribution in [0.15, 0.2) is 47.7 Å². The summed E-state index contributed by atoms with van der Waals surface area (Å²) in [6.45, 7) is 4.26. The molecule has 0 bridgehead atoms. The van der Waals surface area contributed by atoms with Gasteiger partial charge in [0.05, 0.1) is 6.54 Å². The molecule has 0 aliphatic rings. The largest absolute Gasteiger partial charge is 0.357 e. The first-order valence-corrected chi connectivity index (χ1v) is 8.93. The summed E-state index contributed by atoms with van der Waals surface area (Å²) < 4.78 is 2.02. The number of hydrogen-bond acceptors (Lipinski definition) is 2. The second-order valence-corrected chi connectivity index (χ2v) is 6.46. The molecule has 6 nitrogen and oxygen atoms in total. The van der Waals surface area contributed by atoms with Crippen LogP contribution in [0.2, 0.25) is 0 Å². The number of nitrogens with one attached hydrogen (secondary N) is 2. The highest BCUT2D eigenvalue weighted by Crippen LogP contribution is 2.08. The predicted octanol–water partition coefficient (Wildman–Crippen LogP) is 2.64. The van der Waals surface area contributed by atoms with E-state index in [4.69, 9.17) is 0 Å². The molecule has 0 atom stereocenters. The number of aromatic nitrogens is 1. The van der Waals surface area contributed by atoms with Crippen LogP contribution < -0.4 is 10.6 Å². The maximum absolute atomic E-state index is 12.1. The average molecular weight is 483 g/mol. The fourth-order valence-corrected chi connectivity index (χ4v) is 2.61. The second-order valence-electron chi connectivity index (χ2n) is 6.46. The molecular weight excluding hydrogens is 453 g/mol. The molecule has 0 spiro atoms. The lowest BCUT2D eigenvalue weighted by Crippen LogP contribution is -2.38. The average Bonchev–Trinajstić information content (AvgIpc) is 3.04. The Hall–Kier alpha value is -2.03. The van der Waals surface area contributed by atoms with Crippen molar-refractivity contribution in [3.63, 3.8) is 0 Å². The highest BCUT2D eigenvalue weighted by atomic mass is 127. The Morgan fingerprint density at radius 2 is 1.96 bits per heavy atom. The number of amides is 1. The summed E-state index contributed by atoms with van der Waals surface area (Å²) in [5.74, 6) is 0.828. The lowest BCUT2D eigenvalue weighted by Gasteiger charge is -2.13. The number of rotatable bonds is 7. The van der Waals surface area contributed by atoms with Gasteiger partial charge in [-0.1, -0.05) is 12.1 Å². The Balaban J connectivity index is 0.00000364. The van der Waals surface area contributed by atoms with Crippen molar-refractivity contribution in [2.24, 2.45) is 12.0 Å². The molecule has 0 aliphatic carbocycles. The van der Waals surface area contributed by atoms with Crippen molar-refractivity contribution in [1.82, 2.24) is 20.1 Å². The first-order valence-electron chi connectivity index (χ1n) is 8.93. The molecule has 0 fully saturated rings. The van der Waals surface area contributed by atoms with E-state index < -0.39 is 0 Å². The van der Waals surface area contributed by atoms with Crippen molar-refractivity contribution in [1.29, 1.82) is 0 Å². The van der Waals surface area contributed by atoms with Crippen LogP contribution in [0.5, 0.6) is 0 Å². The highest BCUT2D eigenvalue weighted by Gasteiger charge is 2.08. The van der Waals surface area contributed by atoms with Crippen LogP contribution in [0.3, 0.4) is 0 Å². The quantitative estimate of drug-likeness (QED) is 0.362. The van der Waals surface area contributed by atoms with Gasteiger partial charge in [0.2, 0.25) is 0 Å². The molecule has 1 heterocycles. The van der Waals surface area contributed by atoms with E-state index in [0.717, 1.165) is 36.6 Å². The van der Waals surface area contributed by atoms with Gasteiger partial charge in [-0.25, -0.2) is 4.99 Å². The number of hydrogen-bond donors (Lipinski definition) is 2. The van der Waals surface area contributed by atoms with Crippen LogP contribution in [0.25, 0.3) is 0 Å². The van der Waals surface area contributed by atoms with Gasteiger partial charge in [-0.05, 0) is 42.7 Å². The van der Waals surface area contributed by atoms with Crippen LogP contribution in [0.1, 0.15) is 28.4 Å². The van der Waals surface area contributed by atoms with E-state index in [1.54, 1.807) is 19.0 Å². The van der Waals surface area contributed by atoms with E-state index in [1.807, 2.05) is 42.1 Å². The zero-order valence-corrected chi connectivity index (χ0v) is 18.9. The molecule has 2 aromatic rings. The number of carbonyl (C=O) groups excluding carboxylic acids is 1. The number of nitrogens with zero attached hydrogens (tertiary/aromatic N) is 3. The zero-order valence-electron chi connectivity index (χ0n) is 16.5. The van der Waals surface area contributed by atoms with Crippen molar-refractivity contribution in [2.75, 3.05) is 27.2 Å². The van der Waals surface area contributed by atoms with E-state index in [9.17, 15) is 4.79 Å². The Labute approximate surface area is 179 Å². The molecular formula is C20H30IN5O. The summed E-state index contributed by atoms with van der Waals surface area (Å²) in [6.07, 6.45) is 4.91. The number of benzene rings is 1. The molecule has 1 aromatic carbocycles. The van der Waals surface area contributed by atoms with Crippen molar-refractivity contribution in [2.45, 2.75) is 19.9 Å². The number of aryl methyl sites for hydroxylation is 1. The number of guanidine groups is 1. The number of aliphatic imine (C=N–C) groups is 1. The van der Waals surface area contributed by atoms with Gasteiger partial charge in [0.1, 0.15) is 0 Å². The lowest BCUT2D eigenvalue weighted by atomic mass is 10.1. The van der Waals surface area contributed by atoms with Gasteiger partial charge in [-0.3, -0.25) is 4.79 Å². The third-order valence-electron chi connectivity index (χ3n) is 3.94. The Kier molecular flexibility index (Phi) is 9.92. The second kappa shape index (κ2) is 11.6. The Morgan fingerprint density at radius 3 is 2.59 bits per heavy atom. The van der Waals surface area contributed by atoms with Crippen LogP contribution in [-0.2, 0) is 20.0 Å². The topological polar surface area (TPSA) is 61.7 Å². The monoisotopic (exact) mass is 483 g/mol. The van der Waals surface area contributed by atoms with Crippen molar-refractivity contribution >= 4 is 35.8 Å². The Bertz CT molecular complexity index is 754. The third-order valence-corrected chi connectivity index (χ3v) is 3.94. The highest BCUT2D eigenvalue weighted by molar-refractivity contribution is 14.0. The van der Waals surface area contributed by atoms with E-state index in [-0.39, 0.29) is 29.9 Å². The molecule has 7 heteroatoms. The van der Waals surface area contributed by atoms with E-state index in [2.05, 4.69) is 34.8 Å². The zero-order chi connectivity index (χ0) is 18.9. The fourth-order valence-electron chi connectivity index (χ4n) is 2.61. The van der Waals surface area contributed by atoms with Crippen molar-refractivity contribution in [3.05, 3.63) is 59.4 Å². The third kappa shape index (κ3) is 7.62. The predicted molar refractivity (Wildman–Crippen MR) is 122 cm³/mol. The van der Waals surface area contributed by atoms with Crippen LogP contribution in [0, 0.1) is 0 Å². The molecule has 0 unspecified atom stereocenters. The van der Waals surface area contributed by atoms with Gasteiger partial charge >= 0.3 is 0 Å². The normalized spacial score (nSPS) is 10.9. The summed E-state index contributed by atoms with van der Waals surface area (Å²) in [6, 6.07) is 9.85. The van der Waals surface area contributed by atoms with Gasteiger partial charge < -0.3 is 20.1 Å². The molecule has 0 radical (unpaired) electrons. The van der Waals surface area contributed by atoms with Crippen molar-refractivity contribution < 1.29 is 4.79 Å². The molecule has 0 saturated carbocycles. The smallest absolute Gasteiger partial charge is 0.253 e. The molecule has 0 aliphatic heterocycles. The minimum Gasteiger partial charge on any atom is -0.357 e. The maximum Gasteiger partial charge on any atom is 0.253 e. The van der Waals surface area contributed by atoms with Crippen LogP contribution in [-0.4, -0.2) is 48.5 Å². The minimum atomic E-state index is 0. The molecule has 2 N–H and O–H groups in total. The molecule has 2 rings (SSSR count). The fraction of sp³-hybridized carbons (Fsp3) is 0.400. The molecule has 1 aromatic heterocycles. The van der Waals surface area contributed by atoms with Gasteiger partial charge in [0.25, 0.3) is 5.91 Å². The van der Waals surface area contributed by atoms with E-state index >= 15 is 0 Å².